The molecule has 5 nitrogen and oxygen atoms in total. The summed E-state index contributed by atoms with van der Waals surface area (Å²) < 4.78 is 14.0. The van der Waals surface area contributed by atoms with Crippen molar-refractivity contribution in [2.75, 3.05) is 0 Å². The van der Waals surface area contributed by atoms with Gasteiger partial charge in [0.25, 0.3) is 0 Å². The van der Waals surface area contributed by atoms with Gasteiger partial charge in [-0.2, -0.15) is 0 Å². The summed E-state index contributed by atoms with van der Waals surface area (Å²) in [5, 5.41) is 7.13. The Morgan fingerprint density at radius 3 is 0.921 bits per heavy atom. The van der Waals surface area contributed by atoms with Crippen LogP contribution in [0.2, 0.25) is 0 Å². The molecule has 0 radical (unpaired) electrons. The number of aromatic nitrogens is 3. The Hall–Kier alpha value is -4.45. The highest BCUT2D eigenvalue weighted by atomic mass is 16.3. The summed E-state index contributed by atoms with van der Waals surface area (Å²) in [6.45, 7) is 0. The Morgan fingerprint density at radius 2 is 0.444 bits per heavy atom. The van der Waals surface area contributed by atoms with Crippen molar-refractivity contribution in [2.45, 2.75) is 0 Å². The van der Waals surface area contributed by atoms with Gasteiger partial charge in [0.05, 0.1) is 0 Å². The summed E-state index contributed by atoms with van der Waals surface area (Å²) in [5.74, 6) is 2.05. The van der Waals surface area contributed by atoms with E-state index in [1.54, 1.807) is 0 Å². The zero-order valence-corrected chi connectivity index (χ0v) is 41.7. The van der Waals surface area contributed by atoms with Crippen LogP contribution >= 0.6 is 0 Å². The predicted molar refractivity (Wildman–Crippen MR) is 340 cm³/mol. The summed E-state index contributed by atoms with van der Waals surface area (Å²) in [4.78, 5) is 16.9. The number of nitrogens with zero attached hydrogens (tertiary/aromatic N) is 3. The van der Waals surface area contributed by atoms with Gasteiger partial charge in [-0.25, -0.2) is 15.0 Å². The smallest absolute Gasteiger partial charge is 0.164 e. The van der Waals surface area contributed by atoms with E-state index < -0.39 is 0 Å². The van der Waals surface area contributed by atoms with E-state index in [1.807, 2.05) is 0 Å². The Morgan fingerprint density at radius 1 is 0.190 bits per heavy atom. The van der Waals surface area contributed by atoms with Crippen LogP contribution in [-0.2, 0) is 0 Å². The predicted octanol–water partition coefficient (Wildman–Crippen LogP) is -26.7. The van der Waals surface area contributed by atoms with E-state index in [4.69, 9.17) is 23.8 Å². The standard InChI is InChI=1S/C37H42B21N3O2/c38-10-1-2-5-13(41)19(47)25(53)29(57)33(5)62-31(2)27(55)12(40)4(1)11(39)16(44)8(10)36-59-35(60-37(61-36)9-17(45)21(49)24(52)22(50)18(9)46)7-3-6-14(42)20(48)26(54)30(58)34(6)63-32(3)28(56)23(51)15(7)43/h38-58H2. The molecule has 63 heavy (non-hydrogen) atoms. The van der Waals surface area contributed by atoms with Gasteiger partial charge in [0.1, 0.15) is 187 Å². The van der Waals surface area contributed by atoms with Gasteiger partial charge in [0, 0.05) is 38.2 Å². The average molecular weight is 788 g/mol. The molecule has 0 aliphatic carbocycles. The van der Waals surface area contributed by atoms with Crippen molar-refractivity contribution in [1.29, 1.82) is 0 Å². The maximum Gasteiger partial charge on any atom is 0.164 e. The summed E-state index contributed by atoms with van der Waals surface area (Å²) >= 11 is 0. The Bertz CT molecular complexity index is 3630. The van der Waals surface area contributed by atoms with Crippen molar-refractivity contribution in [3.63, 3.8) is 0 Å². The van der Waals surface area contributed by atoms with E-state index >= 15 is 0 Å². The monoisotopic (exact) mass is 792 g/mol. The van der Waals surface area contributed by atoms with Crippen molar-refractivity contribution in [3.8, 4) is 34.2 Å². The van der Waals surface area contributed by atoms with Crippen molar-refractivity contribution < 1.29 is 8.83 Å². The molecule has 6 aromatic carbocycles. The molecular weight excluding hydrogens is 745 g/mol. The van der Waals surface area contributed by atoms with Crippen LogP contribution in [0.5, 0.6) is 0 Å². The molecule has 3 heterocycles. The number of benzene rings is 6. The topological polar surface area (TPSA) is 65.0 Å². The van der Waals surface area contributed by atoms with Gasteiger partial charge in [-0.15, -0.1) is 27.3 Å². The minimum atomic E-state index is 0.668. The van der Waals surface area contributed by atoms with Gasteiger partial charge < -0.3 is 8.83 Å². The molecule has 0 fully saturated rings. The molecule has 0 saturated heterocycles. The van der Waals surface area contributed by atoms with Crippen molar-refractivity contribution in [1.82, 2.24) is 15.0 Å². The lowest BCUT2D eigenvalue weighted by Crippen LogP contribution is -2.55. The normalized spacial score (nSPS) is 11.9. The summed E-state index contributed by atoms with van der Waals surface area (Å²) in [6.07, 6.45) is 0. The molecule has 0 spiro atoms. The lowest BCUT2D eigenvalue weighted by molar-refractivity contribution is 0.674. The Balaban J connectivity index is 1.51. The van der Waals surface area contributed by atoms with Gasteiger partial charge >= 0.3 is 0 Å². The molecule has 26 heteroatoms. The summed E-state index contributed by atoms with van der Waals surface area (Å²) in [5.41, 5.74) is 32.7. The van der Waals surface area contributed by atoms with E-state index in [2.05, 4.69) is 165 Å². The van der Waals surface area contributed by atoms with Crippen molar-refractivity contribution >= 4 is 334 Å². The second-order valence-electron chi connectivity index (χ2n) is 19.3. The quantitative estimate of drug-likeness (QED) is 0.167. The third kappa shape index (κ3) is 5.76. The average Bonchev–Trinajstić information content (AvgIpc) is 3.85. The van der Waals surface area contributed by atoms with Crippen LogP contribution in [0, 0.1) is 0 Å². The first kappa shape index (κ1) is 43.8. The fourth-order valence-electron chi connectivity index (χ4n) is 11.2. The van der Waals surface area contributed by atoms with Gasteiger partial charge in [-0.05, 0) is 10.8 Å². The number of hydrogen-bond donors (Lipinski definition) is 0. The van der Waals surface area contributed by atoms with Crippen LogP contribution in [0.15, 0.2) is 8.83 Å². The molecule has 280 valence electrons. The molecular formula is C37H42B21N3O2. The maximum absolute atomic E-state index is 6.99. The first-order valence-electron chi connectivity index (χ1n) is 22.7. The van der Waals surface area contributed by atoms with Crippen LogP contribution in [0.4, 0.5) is 0 Å². The maximum atomic E-state index is 6.99. The lowest BCUT2D eigenvalue weighted by Gasteiger charge is -2.23. The minimum Gasteiger partial charge on any atom is -0.457 e. The summed E-state index contributed by atoms with van der Waals surface area (Å²) in [6, 6.07) is 0. The van der Waals surface area contributed by atoms with Gasteiger partial charge in [0.15, 0.2) is 17.5 Å². The van der Waals surface area contributed by atoms with Gasteiger partial charge in [-0.1, -0.05) is 87.4 Å². The zero-order chi connectivity index (χ0) is 45.9. The largest absolute Gasteiger partial charge is 0.457 e. The molecule has 0 aliphatic heterocycles. The van der Waals surface area contributed by atoms with Gasteiger partial charge in [-0.3, -0.25) is 0 Å². The van der Waals surface area contributed by atoms with Crippen LogP contribution in [0.1, 0.15) is 0 Å². The number of rotatable bonds is 3. The second-order valence-corrected chi connectivity index (χ2v) is 19.3. The van der Waals surface area contributed by atoms with Crippen molar-refractivity contribution in [2.24, 2.45) is 0 Å². The van der Waals surface area contributed by atoms with E-state index in [0.717, 1.165) is 66.2 Å². The highest BCUT2D eigenvalue weighted by molar-refractivity contribution is 6.73. The van der Waals surface area contributed by atoms with Gasteiger partial charge in [0.2, 0.25) is 0 Å². The van der Waals surface area contributed by atoms with Crippen LogP contribution in [0.3, 0.4) is 0 Å². The molecule has 0 unspecified atom stereocenters. The molecule has 0 bridgehead atoms. The minimum absolute atomic E-state index is 0.668. The molecule has 0 N–H and O–H groups in total. The van der Waals surface area contributed by atoms with E-state index in [9.17, 15) is 0 Å². The molecule has 0 aliphatic rings. The summed E-state index contributed by atoms with van der Waals surface area (Å²) in [7, 11) is 46.9. The first-order valence-corrected chi connectivity index (χ1v) is 22.7. The van der Waals surface area contributed by atoms with E-state index in [1.165, 1.54) is 120 Å². The molecule has 0 amide bonds. The molecule has 3 aromatic heterocycles. The van der Waals surface area contributed by atoms with Crippen LogP contribution < -0.4 is 115 Å². The molecule has 9 rings (SSSR count). The molecule has 0 saturated carbocycles. The Kier molecular flexibility index (Phi) is 10.3. The van der Waals surface area contributed by atoms with E-state index in [-0.39, 0.29) is 0 Å². The number of hydrogen-bond acceptors (Lipinski definition) is 5. The number of furan rings is 2. The fraction of sp³-hybridized carbons (Fsp3) is 0. The van der Waals surface area contributed by atoms with Crippen LogP contribution in [0.25, 0.3) is 88.8 Å². The molecule has 0 atom stereocenters. The zero-order valence-electron chi connectivity index (χ0n) is 41.7. The second kappa shape index (κ2) is 14.8. The highest BCUT2D eigenvalue weighted by Crippen LogP contribution is 2.34. The van der Waals surface area contributed by atoms with E-state index in [0.29, 0.717) is 17.5 Å². The third-order valence-corrected chi connectivity index (χ3v) is 16.9. The third-order valence-electron chi connectivity index (χ3n) is 16.9. The fourth-order valence-corrected chi connectivity index (χ4v) is 11.2. The number of fused-ring (bicyclic) bond motifs is 8. The van der Waals surface area contributed by atoms with Crippen molar-refractivity contribution in [3.05, 3.63) is 0 Å². The highest BCUT2D eigenvalue weighted by Gasteiger charge is 2.29. The Labute approximate surface area is 389 Å². The molecule has 9 aromatic rings. The lowest BCUT2D eigenvalue weighted by atomic mass is 9.60. The first-order chi connectivity index (χ1) is 29.5. The SMILES string of the molecule is Bc1c(B)c(B)c(-c2nc(-c3c(B)c(B)c4c(B)c(B)c5oc6c(B)c(B)c(B)c(B)c6c5c4c3B)nc(-c3c(B)c(B)c(B)c4oc5c(B)c(B)c(B)c(B)c5c34)n2)c(B)c1B. The van der Waals surface area contributed by atoms with Crippen LogP contribution in [-0.4, -0.2) is 180 Å².